The molecule has 0 spiro atoms. The Labute approximate surface area is 219 Å². The van der Waals surface area contributed by atoms with E-state index in [-0.39, 0.29) is 33.2 Å². The number of rotatable bonds is 1. The number of fused-ring (bicyclic) bond motifs is 4. The van der Waals surface area contributed by atoms with Gasteiger partial charge in [-0.3, -0.25) is 0 Å². The molecule has 8 atom stereocenters. The van der Waals surface area contributed by atoms with Gasteiger partial charge in [-0.15, -0.1) is 11.8 Å². The van der Waals surface area contributed by atoms with Gasteiger partial charge in [0, 0.05) is 43.3 Å². The van der Waals surface area contributed by atoms with Crippen molar-refractivity contribution in [3.05, 3.63) is 33.4 Å². The molecule has 3 aliphatic heterocycles. The number of allylic oxidation sites excluding steroid dienone is 5. The third-order valence-corrected chi connectivity index (χ3v) is 13.2. The van der Waals surface area contributed by atoms with Crippen molar-refractivity contribution >= 4 is 35.3 Å². The Kier molecular flexibility index (Phi) is 6.31. The molecule has 0 bridgehead atoms. The normalized spacial score (nSPS) is 36.8. The van der Waals surface area contributed by atoms with Gasteiger partial charge in [0.25, 0.3) is 5.92 Å². The van der Waals surface area contributed by atoms with E-state index in [1.165, 1.54) is 11.8 Å². The molecule has 5 rings (SSSR count). The van der Waals surface area contributed by atoms with Crippen LogP contribution in [0.3, 0.4) is 0 Å². The lowest BCUT2D eigenvalue weighted by molar-refractivity contribution is 0.0883. The molecule has 0 amide bonds. The van der Waals surface area contributed by atoms with Crippen LogP contribution >= 0.6 is 35.3 Å². The SMILES string of the molecule is N#CC(C#N)=C1C2CCSC2C2SC(C3CC4C(=C(C#N)C#N)C(F)(F)C(=C(C#N)C#N)C4S3)CC12. The van der Waals surface area contributed by atoms with Crippen molar-refractivity contribution in [2.24, 2.45) is 17.8 Å². The summed E-state index contributed by atoms with van der Waals surface area (Å²) in [6, 6.07) is 10.5. The summed E-state index contributed by atoms with van der Waals surface area (Å²) in [5.74, 6) is -3.21. The van der Waals surface area contributed by atoms with E-state index in [2.05, 4.69) is 12.1 Å². The molecule has 0 radical (unpaired) electrons. The van der Waals surface area contributed by atoms with Crippen molar-refractivity contribution < 1.29 is 8.78 Å². The van der Waals surface area contributed by atoms with Gasteiger partial charge in [0.1, 0.15) is 53.1 Å². The monoisotopic (exact) mass is 534 g/mol. The van der Waals surface area contributed by atoms with E-state index >= 15 is 8.78 Å². The maximum absolute atomic E-state index is 15.5. The van der Waals surface area contributed by atoms with Gasteiger partial charge in [-0.25, -0.2) is 0 Å². The van der Waals surface area contributed by atoms with E-state index in [9.17, 15) is 31.6 Å². The predicted molar refractivity (Wildman–Crippen MR) is 131 cm³/mol. The summed E-state index contributed by atoms with van der Waals surface area (Å²) in [5.41, 5.74) is -1.31. The first-order valence-electron chi connectivity index (χ1n) is 11.3. The fraction of sp³-hybridized carbons (Fsp3) is 0.520. The highest BCUT2D eigenvalue weighted by atomic mass is 32.2. The fourth-order valence-corrected chi connectivity index (χ4v) is 12.6. The Morgan fingerprint density at radius 2 is 1.25 bits per heavy atom. The summed E-state index contributed by atoms with van der Waals surface area (Å²) in [7, 11) is 0. The standard InChI is InChI=1S/C25H16F2N6S3/c26-25(27)20(12(7-30)8-31)16-4-18(35-22(16)21(25)13(9-32)10-33)17-3-15-19(11(5-28)6-29)14-1-2-34-23(14)24(15)36-17/h14-18,22-24H,1-4H2. The maximum atomic E-state index is 15.5. The van der Waals surface area contributed by atoms with E-state index in [0.29, 0.717) is 11.7 Å². The summed E-state index contributed by atoms with van der Waals surface area (Å²) in [5, 5.41) is 56.4. The van der Waals surface area contributed by atoms with Crippen molar-refractivity contribution in [3.63, 3.8) is 0 Å². The van der Waals surface area contributed by atoms with E-state index in [4.69, 9.17) is 0 Å². The van der Waals surface area contributed by atoms with Crippen LogP contribution in [0.15, 0.2) is 33.4 Å². The number of halogens is 2. The van der Waals surface area contributed by atoms with Gasteiger partial charge in [0.15, 0.2) is 0 Å². The molecule has 3 saturated heterocycles. The molecule has 178 valence electrons. The predicted octanol–water partition coefficient (Wildman–Crippen LogP) is 4.78. The third-order valence-electron chi connectivity index (χ3n) is 7.89. The Bertz CT molecular complexity index is 1280. The molecule has 0 N–H and O–H groups in total. The zero-order valence-corrected chi connectivity index (χ0v) is 21.1. The van der Waals surface area contributed by atoms with Crippen LogP contribution in [0.25, 0.3) is 0 Å². The Hall–Kier alpha value is -2.93. The Morgan fingerprint density at radius 1 is 0.694 bits per heavy atom. The topological polar surface area (TPSA) is 143 Å². The molecule has 36 heavy (non-hydrogen) atoms. The summed E-state index contributed by atoms with van der Waals surface area (Å²) in [6.45, 7) is 0. The highest BCUT2D eigenvalue weighted by Gasteiger charge is 2.64. The molecule has 2 saturated carbocycles. The van der Waals surface area contributed by atoms with Crippen molar-refractivity contribution in [2.75, 3.05) is 5.75 Å². The number of hydrogen-bond donors (Lipinski definition) is 0. The van der Waals surface area contributed by atoms with Gasteiger partial charge < -0.3 is 0 Å². The largest absolute Gasteiger partial charge is 0.296 e. The van der Waals surface area contributed by atoms with Gasteiger partial charge in [-0.2, -0.15) is 63.9 Å². The first-order chi connectivity index (χ1) is 17.4. The van der Waals surface area contributed by atoms with Crippen LogP contribution in [0.4, 0.5) is 8.78 Å². The minimum Gasteiger partial charge on any atom is -0.196 e. The average Bonchev–Trinajstić information content (AvgIpc) is 3.65. The minimum atomic E-state index is -3.70. The van der Waals surface area contributed by atoms with Crippen LogP contribution in [0.2, 0.25) is 0 Å². The first-order valence-corrected chi connectivity index (χ1v) is 14.2. The van der Waals surface area contributed by atoms with Crippen LogP contribution in [-0.4, -0.2) is 37.9 Å². The molecule has 5 fully saturated rings. The average molecular weight is 535 g/mol. The zero-order valence-electron chi connectivity index (χ0n) is 18.6. The molecule has 3 heterocycles. The summed E-state index contributed by atoms with van der Waals surface area (Å²) in [4.78, 5) is 0. The quantitative estimate of drug-likeness (QED) is 0.434. The molecule has 11 heteroatoms. The van der Waals surface area contributed by atoms with Gasteiger partial charge in [-0.05, 0) is 42.4 Å². The van der Waals surface area contributed by atoms with E-state index in [1.54, 1.807) is 36.0 Å². The molecule has 8 unspecified atom stereocenters. The second kappa shape index (κ2) is 9.18. The van der Waals surface area contributed by atoms with Crippen molar-refractivity contribution in [3.8, 4) is 36.4 Å². The number of nitriles is 6. The molecule has 0 aromatic carbocycles. The first kappa shape index (κ1) is 24.8. The van der Waals surface area contributed by atoms with Gasteiger partial charge in [0.05, 0.1) is 0 Å². The summed E-state index contributed by atoms with van der Waals surface area (Å²) < 4.78 is 31.0. The number of thioether (sulfide) groups is 3. The number of alkyl halides is 2. The van der Waals surface area contributed by atoms with Crippen LogP contribution in [0.1, 0.15) is 19.3 Å². The zero-order chi connectivity index (χ0) is 25.8. The van der Waals surface area contributed by atoms with Crippen molar-refractivity contribution in [1.29, 1.82) is 31.6 Å². The van der Waals surface area contributed by atoms with Crippen LogP contribution < -0.4 is 0 Å². The van der Waals surface area contributed by atoms with E-state index in [0.717, 1.165) is 24.2 Å². The molecule has 0 aromatic rings. The molecule has 2 aliphatic carbocycles. The second-order valence-electron chi connectivity index (χ2n) is 9.30. The highest BCUT2D eigenvalue weighted by Crippen LogP contribution is 2.66. The molecule has 5 aliphatic rings. The molecule has 0 aromatic heterocycles. The third kappa shape index (κ3) is 3.39. The lowest BCUT2D eigenvalue weighted by Gasteiger charge is -2.24. The number of hydrogen-bond acceptors (Lipinski definition) is 9. The fourth-order valence-electron chi connectivity index (χ4n) is 6.63. The summed E-state index contributed by atoms with van der Waals surface area (Å²) in [6.07, 6.45) is 1.98. The lowest BCUT2D eigenvalue weighted by Crippen LogP contribution is -2.25. The smallest absolute Gasteiger partial charge is 0.196 e. The minimum absolute atomic E-state index is 0.0720. The van der Waals surface area contributed by atoms with E-state index in [1.807, 2.05) is 11.8 Å². The van der Waals surface area contributed by atoms with Crippen LogP contribution in [0, 0.1) is 85.7 Å². The molecule has 6 nitrogen and oxygen atoms in total. The highest BCUT2D eigenvalue weighted by molar-refractivity contribution is 8.06. The second-order valence-corrected chi connectivity index (χ2v) is 13.4. The Morgan fingerprint density at radius 3 is 1.86 bits per heavy atom. The molecular weight excluding hydrogens is 519 g/mol. The van der Waals surface area contributed by atoms with Gasteiger partial charge in [0.2, 0.25) is 0 Å². The molecular formula is C25H16F2N6S3. The van der Waals surface area contributed by atoms with Gasteiger partial charge >= 0.3 is 0 Å². The number of nitrogens with zero attached hydrogens (tertiary/aromatic N) is 6. The van der Waals surface area contributed by atoms with Gasteiger partial charge in [-0.1, -0.05) is 0 Å². The van der Waals surface area contributed by atoms with Crippen molar-refractivity contribution in [2.45, 2.75) is 51.4 Å². The van der Waals surface area contributed by atoms with Crippen LogP contribution in [-0.2, 0) is 0 Å². The summed E-state index contributed by atoms with van der Waals surface area (Å²) >= 11 is 4.99. The Balaban J connectivity index is 1.50. The van der Waals surface area contributed by atoms with Crippen molar-refractivity contribution in [1.82, 2.24) is 0 Å². The van der Waals surface area contributed by atoms with E-state index < -0.39 is 39.4 Å². The lowest BCUT2D eigenvalue weighted by atomic mass is 9.86. The maximum Gasteiger partial charge on any atom is 0.296 e. The van der Waals surface area contributed by atoms with Crippen LogP contribution in [0.5, 0.6) is 0 Å².